The topological polar surface area (TPSA) is 114 Å². The molecule has 5 rings (SSSR count). The molecule has 2 fully saturated rings. The maximum absolute atomic E-state index is 15.6. The third-order valence-corrected chi connectivity index (χ3v) is 7.15. The molecule has 2 aliphatic carbocycles. The molecule has 0 atom stereocenters. The van der Waals surface area contributed by atoms with Crippen molar-refractivity contribution in [1.82, 2.24) is 25.2 Å². The van der Waals surface area contributed by atoms with E-state index >= 15 is 4.39 Å². The van der Waals surface area contributed by atoms with E-state index < -0.39 is 5.97 Å². The van der Waals surface area contributed by atoms with Gasteiger partial charge in [-0.1, -0.05) is 25.0 Å². The quantitative estimate of drug-likeness (QED) is 0.464. The number of allylic oxidation sites excluding steroid dienone is 1. The van der Waals surface area contributed by atoms with Crippen molar-refractivity contribution >= 4 is 11.5 Å². The van der Waals surface area contributed by atoms with E-state index in [4.69, 9.17) is 5.11 Å². The normalized spacial score (nSPS) is 16.6. The van der Waals surface area contributed by atoms with Gasteiger partial charge in [0, 0.05) is 28.8 Å². The third kappa shape index (κ3) is 5.45. The smallest absolute Gasteiger partial charge is 0.327 e. The number of nitrogens with one attached hydrogen (secondary N) is 1. The van der Waals surface area contributed by atoms with Gasteiger partial charge in [0.1, 0.15) is 5.82 Å². The molecule has 0 aliphatic heterocycles. The predicted molar refractivity (Wildman–Crippen MR) is 132 cm³/mol. The zero-order valence-electron chi connectivity index (χ0n) is 20.3. The summed E-state index contributed by atoms with van der Waals surface area (Å²) in [5, 5.41) is 20.6. The second kappa shape index (κ2) is 10.2. The van der Waals surface area contributed by atoms with Gasteiger partial charge in [-0.3, -0.25) is 9.59 Å². The third-order valence-electron chi connectivity index (χ3n) is 7.15. The molecule has 0 radical (unpaired) electrons. The van der Waals surface area contributed by atoms with Gasteiger partial charge in [-0.05, 0) is 85.4 Å². The van der Waals surface area contributed by atoms with Gasteiger partial charge in [0.15, 0.2) is 12.4 Å². The maximum atomic E-state index is 15.6. The summed E-state index contributed by atoms with van der Waals surface area (Å²) in [7, 11) is 0. The number of H-pyrrole nitrogens is 1. The van der Waals surface area contributed by atoms with E-state index in [1.54, 1.807) is 6.07 Å². The van der Waals surface area contributed by atoms with Crippen LogP contribution in [0.1, 0.15) is 78.2 Å². The number of halogens is 1. The van der Waals surface area contributed by atoms with Crippen LogP contribution in [0.15, 0.2) is 35.1 Å². The Morgan fingerprint density at radius 1 is 1.19 bits per heavy atom. The zero-order valence-corrected chi connectivity index (χ0v) is 20.3. The molecular formula is C27H30FN5O3. The van der Waals surface area contributed by atoms with E-state index in [0.717, 1.165) is 65.6 Å². The minimum atomic E-state index is -1.04. The molecule has 2 aromatic heterocycles. The summed E-state index contributed by atoms with van der Waals surface area (Å²) in [6.07, 6.45) is 9.62. The maximum Gasteiger partial charge on any atom is 0.327 e. The summed E-state index contributed by atoms with van der Waals surface area (Å²) in [5.74, 6) is -0.254. The second-order valence-corrected chi connectivity index (χ2v) is 9.94. The van der Waals surface area contributed by atoms with Gasteiger partial charge in [0.25, 0.3) is 5.56 Å². The molecule has 2 heterocycles. The fourth-order valence-corrected chi connectivity index (χ4v) is 5.05. The number of tetrazole rings is 1. The van der Waals surface area contributed by atoms with E-state index in [1.807, 2.05) is 25.1 Å². The molecule has 2 saturated carbocycles. The Morgan fingerprint density at radius 2 is 1.97 bits per heavy atom. The SMILES string of the molecule is Cc1cc(/C(=C\C2CCCC2)c2ccc(C3CC3)c(=O)[nH]2)c(F)cc1CCc1nnn(CC(=O)O)n1. The number of carbonyl (C=O) groups is 1. The molecule has 0 amide bonds. The standard InChI is InChI=1S/C27H30FN5O3/c1-16-12-21(23(28)14-19(16)8-11-25-30-32-33(31-25)15-26(34)35)22(13-17-4-2-3-5-17)24-10-9-20(18-6-7-18)27(36)29-24/h9-10,12-14,17-18H,2-8,11,15H2,1H3,(H,29,36)(H,34,35)/b22-13+. The molecule has 36 heavy (non-hydrogen) atoms. The summed E-state index contributed by atoms with van der Waals surface area (Å²) < 4.78 is 15.6. The van der Waals surface area contributed by atoms with Gasteiger partial charge >= 0.3 is 5.97 Å². The Labute approximate surface area is 208 Å². The number of rotatable bonds is 9. The van der Waals surface area contributed by atoms with E-state index in [9.17, 15) is 9.59 Å². The summed E-state index contributed by atoms with van der Waals surface area (Å²) >= 11 is 0. The number of pyridine rings is 1. The van der Waals surface area contributed by atoms with Crippen molar-refractivity contribution in [2.24, 2.45) is 5.92 Å². The molecule has 0 bridgehead atoms. The number of aliphatic carboxylic acids is 1. The highest BCUT2D eigenvalue weighted by molar-refractivity contribution is 5.79. The summed E-state index contributed by atoms with van der Waals surface area (Å²) in [5.41, 5.74) is 4.38. The molecular weight excluding hydrogens is 461 g/mol. The van der Waals surface area contributed by atoms with Gasteiger partial charge in [0.05, 0.1) is 0 Å². The van der Waals surface area contributed by atoms with Crippen LogP contribution in [0, 0.1) is 18.7 Å². The molecule has 1 aromatic carbocycles. The van der Waals surface area contributed by atoms with Crippen molar-refractivity contribution in [3.63, 3.8) is 0 Å². The first-order valence-corrected chi connectivity index (χ1v) is 12.6. The van der Waals surface area contributed by atoms with Crippen molar-refractivity contribution in [2.45, 2.75) is 70.8 Å². The first kappa shape index (κ1) is 24.1. The summed E-state index contributed by atoms with van der Waals surface area (Å²) in [4.78, 5) is 27.6. The van der Waals surface area contributed by atoms with Crippen LogP contribution in [0.5, 0.6) is 0 Å². The highest BCUT2D eigenvalue weighted by Crippen LogP contribution is 2.39. The monoisotopic (exact) mass is 491 g/mol. The molecule has 2 N–H and O–H groups in total. The predicted octanol–water partition coefficient (Wildman–Crippen LogP) is 4.18. The molecule has 3 aromatic rings. The lowest BCUT2D eigenvalue weighted by atomic mass is 9.92. The lowest BCUT2D eigenvalue weighted by molar-refractivity contribution is -0.138. The van der Waals surface area contributed by atoms with E-state index in [-0.39, 0.29) is 17.9 Å². The number of hydrogen-bond donors (Lipinski definition) is 2. The largest absolute Gasteiger partial charge is 0.480 e. The van der Waals surface area contributed by atoms with Crippen LogP contribution < -0.4 is 5.56 Å². The highest BCUT2D eigenvalue weighted by Gasteiger charge is 2.27. The van der Waals surface area contributed by atoms with Crippen molar-refractivity contribution < 1.29 is 14.3 Å². The first-order chi connectivity index (χ1) is 17.4. The Hall–Kier alpha value is -3.62. The van der Waals surface area contributed by atoms with Crippen molar-refractivity contribution in [2.75, 3.05) is 0 Å². The summed E-state index contributed by atoms with van der Waals surface area (Å²) in [6.45, 7) is 1.59. The molecule has 0 spiro atoms. The van der Waals surface area contributed by atoms with Gasteiger partial charge in [-0.25, -0.2) is 4.39 Å². The number of hydrogen-bond acceptors (Lipinski definition) is 5. The molecule has 188 valence electrons. The Balaban J connectivity index is 1.42. The first-order valence-electron chi connectivity index (χ1n) is 12.6. The average Bonchev–Trinajstić information content (AvgIpc) is 3.36. The van der Waals surface area contributed by atoms with Crippen LogP contribution in [0.25, 0.3) is 5.57 Å². The van der Waals surface area contributed by atoms with Crippen LogP contribution >= 0.6 is 0 Å². The Kier molecular flexibility index (Phi) is 6.80. The van der Waals surface area contributed by atoms with Crippen LogP contribution in [0.2, 0.25) is 0 Å². The molecule has 9 heteroatoms. The van der Waals surface area contributed by atoms with Crippen LogP contribution in [0.4, 0.5) is 4.39 Å². The number of aromatic nitrogens is 5. The number of carboxylic acid groups (broad SMARTS) is 1. The Bertz CT molecular complexity index is 1370. The second-order valence-electron chi connectivity index (χ2n) is 9.94. The van der Waals surface area contributed by atoms with Crippen molar-refractivity contribution in [1.29, 1.82) is 0 Å². The lowest BCUT2D eigenvalue weighted by Gasteiger charge is -2.16. The minimum absolute atomic E-state index is 0.0792. The van der Waals surface area contributed by atoms with E-state index in [1.165, 1.54) is 0 Å². The Morgan fingerprint density at radius 3 is 2.67 bits per heavy atom. The van der Waals surface area contributed by atoms with Gasteiger partial charge in [-0.15, -0.1) is 10.2 Å². The number of carboxylic acids is 1. The van der Waals surface area contributed by atoms with Crippen LogP contribution in [-0.4, -0.2) is 36.3 Å². The molecule has 8 nitrogen and oxygen atoms in total. The molecule has 0 saturated heterocycles. The zero-order chi connectivity index (χ0) is 25.2. The van der Waals surface area contributed by atoms with Crippen LogP contribution in [-0.2, 0) is 24.2 Å². The number of aryl methyl sites for hydroxylation is 3. The fourth-order valence-electron chi connectivity index (χ4n) is 5.05. The lowest BCUT2D eigenvalue weighted by Crippen LogP contribution is -2.14. The highest BCUT2D eigenvalue weighted by atomic mass is 19.1. The minimum Gasteiger partial charge on any atom is -0.480 e. The van der Waals surface area contributed by atoms with Gasteiger partial charge < -0.3 is 10.1 Å². The van der Waals surface area contributed by atoms with Crippen molar-refractivity contribution in [3.8, 4) is 0 Å². The number of benzene rings is 1. The van der Waals surface area contributed by atoms with Gasteiger partial charge in [-0.2, -0.15) is 4.80 Å². The molecule has 2 aliphatic rings. The van der Waals surface area contributed by atoms with Crippen LogP contribution in [0.3, 0.4) is 0 Å². The number of aromatic amines is 1. The summed E-state index contributed by atoms with van der Waals surface area (Å²) in [6, 6.07) is 7.22. The van der Waals surface area contributed by atoms with E-state index in [2.05, 4.69) is 26.5 Å². The van der Waals surface area contributed by atoms with E-state index in [0.29, 0.717) is 41.8 Å². The van der Waals surface area contributed by atoms with Gasteiger partial charge in [0.2, 0.25) is 0 Å². The fraction of sp³-hybridized carbons (Fsp3) is 0.444. The number of nitrogens with zero attached hydrogens (tertiary/aromatic N) is 4. The average molecular weight is 492 g/mol. The molecule has 0 unspecified atom stereocenters. The van der Waals surface area contributed by atoms with Crippen molar-refractivity contribution in [3.05, 3.63) is 80.3 Å².